The Balaban J connectivity index is 1.66. The van der Waals surface area contributed by atoms with Gasteiger partial charge < -0.3 is 9.47 Å². The minimum absolute atomic E-state index is 0.0580. The van der Waals surface area contributed by atoms with Gasteiger partial charge in [-0.3, -0.25) is 4.79 Å². The molecule has 2 aromatic carbocycles. The highest BCUT2D eigenvalue weighted by molar-refractivity contribution is 9.10. The lowest BCUT2D eigenvalue weighted by molar-refractivity contribution is -0.135. The summed E-state index contributed by atoms with van der Waals surface area (Å²) in [6, 6.07) is 14.2. The van der Waals surface area contributed by atoms with Crippen molar-refractivity contribution in [2.75, 3.05) is 6.54 Å². The van der Waals surface area contributed by atoms with Crippen molar-refractivity contribution in [3.8, 4) is 0 Å². The predicted molar refractivity (Wildman–Crippen MR) is 100 cm³/mol. The molecule has 4 rings (SSSR count). The first-order valence-electron chi connectivity index (χ1n) is 8.41. The first-order valence-corrected chi connectivity index (χ1v) is 9.20. The number of amides is 1. The maximum Gasteiger partial charge on any atom is 0.243 e. The zero-order valence-electron chi connectivity index (χ0n) is 14.0. The van der Waals surface area contributed by atoms with E-state index in [1.165, 1.54) is 12.1 Å². The summed E-state index contributed by atoms with van der Waals surface area (Å²) in [5, 5.41) is 0. The fourth-order valence-electron chi connectivity index (χ4n) is 3.41. The van der Waals surface area contributed by atoms with E-state index in [9.17, 15) is 9.18 Å². The minimum Gasteiger partial charge on any atom is -0.328 e. The molecule has 1 aliphatic rings. The molecule has 0 saturated carbocycles. The monoisotopic (exact) mass is 413 g/mol. The van der Waals surface area contributed by atoms with Crippen LogP contribution >= 0.6 is 15.9 Å². The molecule has 26 heavy (non-hydrogen) atoms. The van der Waals surface area contributed by atoms with Gasteiger partial charge in [-0.2, -0.15) is 0 Å². The lowest BCUT2D eigenvalue weighted by Gasteiger charge is -2.37. The molecule has 1 unspecified atom stereocenters. The van der Waals surface area contributed by atoms with Crippen LogP contribution in [0.25, 0.3) is 0 Å². The second-order valence-corrected chi connectivity index (χ2v) is 7.28. The second kappa shape index (κ2) is 7.03. The van der Waals surface area contributed by atoms with Gasteiger partial charge in [0.25, 0.3) is 0 Å². The Morgan fingerprint density at radius 3 is 2.77 bits per heavy atom. The normalized spacial score (nSPS) is 16.6. The molecule has 6 heteroatoms. The number of benzene rings is 2. The van der Waals surface area contributed by atoms with Crippen LogP contribution in [0.4, 0.5) is 4.39 Å². The van der Waals surface area contributed by atoms with Crippen LogP contribution in [0.5, 0.6) is 0 Å². The number of carbonyl (C=O) groups excluding carboxylic acids is 1. The quantitative estimate of drug-likeness (QED) is 0.649. The number of fused-ring (bicyclic) bond motifs is 1. The number of aromatic nitrogens is 2. The molecule has 0 N–H and O–H groups in total. The zero-order valence-corrected chi connectivity index (χ0v) is 15.6. The van der Waals surface area contributed by atoms with E-state index in [4.69, 9.17) is 0 Å². The largest absolute Gasteiger partial charge is 0.328 e. The molecule has 0 bridgehead atoms. The molecule has 0 spiro atoms. The van der Waals surface area contributed by atoms with Crippen LogP contribution in [0.3, 0.4) is 0 Å². The van der Waals surface area contributed by atoms with Crippen LogP contribution in [0.2, 0.25) is 0 Å². The fraction of sp³-hybridized carbons (Fsp3) is 0.200. The van der Waals surface area contributed by atoms with E-state index in [1.807, 2.05) is 39.9 Å². The summed E-state index contributed by atoms with van der Waals surface area (Å²) in [6.07, 6.45) is 4.20. The van der Waals surface area contributed by atoms with E-state index in [2.05, 4.69) is 20.9 Å². The van der Waals surface area contributed by atoms with E-state index in [0.29, 0.717) is 19.5 Å². The molecule has 1 aromatic heterocycles. The maximum atomic E-state index is 13.1. The molecule has 4 nitrogen and oxygen atoms in total. The van der Waals surface area contributed by atoms with Gasteiger partial charge in [0.1, 0.15) is 12.4 Å². The number of hydrogen-bond donors (Lipinski definition) is 0. The molecular formula is C20H17BrFN3O. The van der Waals surface area contributed by atoms with E-state index in [0.717, 1.165) is 21.3 Å². The van der Waals surface area contributed by atoms with Crippen LogP contribution in [0, 0.1) is 5.82 Å². The molecule has 0 fully saturated rings. The van der Waals surface area contributed by atoms with Crippen molar-refractivity contribution >= 4 is 21.8 Å². The van der Waals surface area contributed by atoms with Crippen molar-refractivity contribution in [1.82, 2.24) is 14.5 Å². The number of imidazole rings is 1. The van der Waals surface area contributed by atoms with Gasteiger partial charge in [-0.05, 0) is 41.8 Å². The minimum atomic E-state index is -0.251. The molecule has 132 valence electrons. The summed E-state index contributed by atoms with van der Waals surface area (Å²) in [4.78, 5) is 18.9. The van der Waals surface area contributed by atoms with Crippen molar-refractivity contribution in [2.45, 2.75) is 19.0 Å². The van der Waals surface area contributed by atoms with Gasteiger partial charge in [0.2, 0.25) is 5.91 Å². The van der Waals surface area contributed by atoms with Gasteiger partial charge in [-0.15, -0.1) is 0 Å². The summed E-state index contributed by atoms with van der Waals surface area (Å²) in [7, 11) is 0. The van der Waals surface area contributed by atoms with Gasteiger partial charge in [0.05, 0.1) is 24.3 Å². The number of hydrogen-bond acceptors (Lipinski definition) is 2. The first-order chi connectivity index (χ1) is 12.6. The standard InChI is InChI=1S/C20H17BrFN3O/c21-16-3-1-2-15(10-16)20-18-11-23-13-24(18)12-19(26)25(20)9-8-14-4-6-17(22)7-5-14/h1-7,10-11,13,20H,8-9,12H2. The summed E-state index contributed by atoms with van der Waals surface area (Å²) in [5.74, 6) is -0.193. The summed E-state index contributed by atoms with van der Waals surface area (Å²) in [5.41, 5.74) is 3.04. The Labute approximate surface area is 159 Å². The van der Waals surface area contributed by atoms with Crippen molar-refractivity contribution in [3.05, 3.63) is 88.2 Å². The summed E-state index contributed by atoms with van der Waals surface area (Å²) in [6.45, 7) is 0.857. The highest BCUT2D eigenvalue weighted by Crippen LogP contribution is 2.33. The molecule has 2 heterocycles. The fourth-order valence-corrected chi connectivity index (χ4v) is 3.83. The smallest absolute Gasteiger partial charge is 0.243 e. The topological polar surface area (TPSA) is 38.1 Å². The lowest BCUT2D eigenvalue weighted by Crippen LogP contribution is -2.44. The SMILES string of the molecule is O=C1Cn2cncc2C(c2cccc(Br)c2)N1CCc1ccc(F)cc1. The molecule has 3 aromatic rings. The maximum absolute atomic E-state index is 13.1. The molecule has 1 atom stereocenters. The van der Waals surface area contributed by atoms with Crippen molar-refractivity contribution in [3.63, 3.8) is 0 Å². The molecule has 0 saturated heterocycles. The van der Waals surface area contributed by atoms with Crippen LogP contribution in [-0.4, -0.2) is 26.9 Å². The third kappa shape index (κ3) is 3.29. The van der Waals surface area contributed by atoms with Crippen LogP contribution in [-0.2, 0) is 17.8 Å². The molecule has 0 radical (unpaired) electrons. The Bertz CT molecular complexity index is 938. The van der Waals surface area contributed by atoms with E-state index in [1.54, 1.807) is 18.5 Å². The number of rotatable bonds is 4. The van der Waals surface area contributed by atoms with Crippen LogP contribution < -0.4 is 0 Å². The molecule has 1 amide bonds. The van der Waals surface area contributed by atoms with Gasteiger partial charge in [0, 0.05) is 11.0 Å². The Kier molecular flexibility index (Phi) is 4.59. The predicted octanol–water partition coefficient (Wildman–Crippen LogP) is 3.96. The van der Waals surface area contributed by atoms with Crippen LogP contribution in [0.15, 0.2) is 65.5 Å². The van der Waals surface area contributed by atoms with Gasteiger partial charge in [0.15, 0.2) is 0 Å². The van der Waals surface area contributed by atoms with Gasteiger partial charge in [-0.1, -0.05) is 40.2 Å². The Hall–Kier alpha value is -2.47. The van der Waals surface area contributed by atoms with E-state index < -0.39 is 0 Å². The van der Waals surface area contributed by atoms with Gasteiger partial charge in [-0.25, -0.2) is 9.37 Å². The molecular weight excluding hydrogens is 397 g/mol. The van der Waals surface area contributed by atoms with E-state index >= 15 is 0 Å². The molecule has 0 aliphatic carbocycles. The zero-order chi connectivity index (χ0) is 18.1. The Morgan fingerprint density at radius 2 is 2.00 bits per heavy atom. The summed E-state index contributed by atoms with van der Waals surface area (Å²) < 4.78 is 16.0. The highest BCUT2D eigenvalue weighted by Gasteiger charge is 2.33. The average molecular weight is 414 g/mol. The Morgan fingerprint density at radius 1 is 1.19 bits per heavy atom. The third-order valence-electron chi connectivity index (χ3n) is 4.68. The van der Waals surface area contributed by atoms with Crippen molar-refractivity contribution < 1.29 is 9.18 Å². The van der Waals surface area contributed by atoms with Gasteiger partial charge >= 0.3 is 0 Å². The number of nitrogens with zero attached hydrogens (tertiary/aromatic N) is 3. The lowest BCUT2D eigenvalue weighted by atomic mass is 9.99. The highest BCUT2D eigenvalue weighted by atomic mass is 79.9. The first kappa shape index (κ1) is 17.0. The number of carbonyl (C=O) groups is 1. The summed E-state index contributed by atoms with van der Waals surface area (Å²) >= 11 is 3.52. The van der Waals surface area contributed by atoms with Crippen molar-refractivity contribution in [2.24, 2.45) is 0 Å². The van der Waals surface area contributed by atoms with E-state index in [-0.39, 0.29) is 17.8 Å². The average Bonchev–Trinajstić information content (AvgIpc) is 3.08. The molecule has 1 aliphatic heterocycles. The van der Waals surface area contributed by atoms with Crippen molar-refractivity contribution in [1.29, 1.82) is 0 Å². The third-order valence-corrected chi connectivity index (χ3v) is 5.17. The van der Waals surface area contributed by atoms with Crippen LogP contribution in [0.1, 0.15) is 22.9 Å². The second-order valence-electron chi connectivity index (χ2n) is 6.37. The number of halogens is 2.